The van der Waals surface area contributed by atoms with Gasteiger partial charge in [0.05, 0.1) is 11.2 Å². The van der Waals surface area contributed by atoms with E-state index < -0.39 is 0 Å². The Balaban J connectivity index is 1.11. The first-order valence-corrected chi connectivity index (χ1v) is 17.1. The lowest BCUT2D eigenvalue weighted by atomic mass is 10.1. The molecule has 240 valence electrons. The van der Waals surface area contributed by atoms with E-state index in [1.807, 2.05) is 36.5 Å². The summed E-state index contributed by atoms with van der Waals surface area (Å²) < 4.78 is 4.48. The van der Waals surface area contributed by atoms with Crippen LogP contribution in [0, 0.1) is 0 Å². The van der Waals surface area contributed by atoms with Gasteiger partial charge < -0.3 is 9.47 Å². The maximum Gasteiger partial charge on any atom is 0.170 e. The fourth-order valence-corrected chi connectivity index (χ4v) is 7.04. The van der Waals surface area contributed by atoms with Gasteiger partial charge in [0, 0.05) is 62.9 Å². The molecule has 0 unspecified atom stereocenters. The van der Waals surface area contributed by atoms with Crippen LogP contribution in [0.25, 0.3) is 57.2 Å². The molecule has 0 N–H and O–H groups in total. The maximum absolute atomic E-state index is 4.69. The summed E-state index contributed by atoms with van der Waals surface area (Å²) in [5.41, 5.74) is 11.1. The Morgan fingerprint density at radius 2 is 1.28 bits per heavy atom. The van der Waals surface area contributed by atoms with Gasteiger partial charge in [-0.1, -0.05) is 66.8 Å². The summed E-state index contributed by atoms with van der Waals surface area (Å²) in [5, 5.41) is 10.6. The van der Waals surface area contributed by atoms with Crippen molar-refractivity contribution in [3.63, 3.8) is 0 Å². The smallest absolute Gasteiger partial charge is 0.170 e. The molecular formula is C44H34N6. The number of allylic oxidation sites excluding steroid dienone is 5. The lowest BCUT2D eigenvalue weighted by Crippen LogP contribution is -2.16. The summed E-state index contributed by atoms with van der Waals surface area (Å²) in [6.45, 7) is 0. The molecule has 2 aliphatic carbocycles. The highest BCUT2D eigenvalue weighted by Gasteiger charge is 2.20. The van der Waals surface area contributed by atoms with Gasteiger partial charge in [0.25, 0.3) is 0 Å². The third kappa shape index (κ3) is 5.28. The van der Waals surface area contributed by atoms with E-state index in [2.05, 4.69) is 152 Å². The van der Waals surface area contributed by atoms with Crippen LogP contribution in [0.3, 0.4) is 0 Å². The quantitative estimate of drug-likeness (QED) is 0.173. The van der Waals surface area contributed by atoms with E-state index in [1.165, 1.54) is 22.2 Å². The van der Waals surface area contributed by atoms with Crippen molar-refractivity contribution in [2.24, 2.45) is 0 Å². The number of fused-ring (bicyclic) bond motifs is 3. The van der Waals surface area contributed by atoms with Gasteiger partial charge in [0.2, 0.25) is 0 Å². The molecule has 0 atom stereocenters. The SMILES string of the molecule is C1=Cc2c(n(-c3ccc(N(C4=CCCC=C4)c4ccc(-c5nnc(-c6cccnc6)n5-c5ccccc5)cc4)cc3)c3ccccc23)C=CC1. The first kappa shape index (κ1) is 29.6. The highest BCUT2D eigenvalue weighted by Crippen LogP contribution is 2.37. The predicted molar refractivity (Wildman–Crippen MR) is 205 cm³/mol. The lowest BCUT2D eigenvalue weighted by Gasteiger charge is -2.28. The zero-order valence-corrected chi connectivity index (χ0v) is 27.5. The number of anilines is 2. The Hall–Kier alpha value is -6.53. The molecule has 0 spiro atoms. The molecular weight excluding hydrogens is 613 g/mol. The minimum absolute atomic E-state index is 0.751. The Bertz CT molecular complexity index is 2430. The summed E-state index contributed by atoms with van der Waals surface area (Å²) in [5.74, 6) is 1.53. The van der Waals surface area contributed by atoms with E-state index in [4.69, 9.17) is 5.10 Å². The number of para-hydroxylation sites is 2. The number of benzene rings is 4. The average molecular weight is 647 g/mol. The molecule has 0 aliphatic heterocycles. The van der Waals surface area contributed by atoms with Gasteiger partial charge in [-0.15, -0.1) is 10.2 Å². The van der Waals surface area contributed by atoms with Crippen molar-refractivity contribution >= 4 is 34.4 Å². The third-order valence-electron chi connectivity index (χ3n) is 9.36. The fraction of sp³-hybridized carbons (Fsp3) is 0.0682. The van der Waals surface area contributed by atoms with Gasteiger partial charge >= 0.3 is 0 Å². The van der Waals surface area contributed by atoms with Crippen LogP contribution < -0.4 is 4.90 Å². The Morgan fingerprint density at radius 1 is 0.560 bits per heavy atom. The van der Waals surface area contributed by atoms with Crippen molar-refractivity contribution in [2.45, 2.75) is 19.3 Å². The highest BCUT2D eigenvalue weighted by atomic mass is 15.3. The van der Waals surface area contributed by atoms with Crippen LogP contribution in [0.1, 0.15) is 30.5 Å². The summed E-state index contributed by atoms with van der Waals surface area (Å²) in [6, 6.07) is 40.4. The van der Waals surface area contributed by atoms with Crippen LogP contribution in [-0.4, -0.2) is 24.3 Å². The van der Waals surface area contributed by atoms with Gasteiger partial charge in [0.15, 0.2) is 11.6 Å². The van der Waals surface area contributed by atoms with Crippen molar-refractivity contribution in [2.75, 3.05) is 4.90 Å². The molecule has 0 radical (unpaired) electrons. The summed E-state index contributed by atoms with van der Waals surface area (Å²) in [4.78, 5) is 6.67. The Labute approximate surface area is 291 Å². The van der Waals surface area contributed by atoms with E-state index in [0.29, 0.717) is 0 Å². The van der Waals surface area contributed by atoms with Crippen molar-refractivity contribution in [1.82, 2.24) is 24.3 Å². The molecule has 3 heterocycles. The van der Waals surface area contributed by atoms with Gasteiger partial charge in [-0.2, -0.15) is 0 Å². The van der Waals surface area contributed by atoms with E-state index in [1.54, 1.807) is 6.20 Å². The molecule has 0 bridgehead atoms. The lowest BCUT2D eigenvalue weighted by molar-refractivity contribution is 0.996. The van der Waals surface area contributed by atoms with Gasteiger partial charge in [-0.25, -0.2) is 0 Å². The molecule has 0 saturated heterocycles. The molecule has 7 aromatic rings. The van der Waals surface area contributed by atoms with Crippen LogP contribution in [0.2, 0.25) is 0 Å². The number of nitrogens with zero attached hydrogens (tertiary/aromatic N) is 6. The highest BCUT2D eigenvalue weighted by molar-refractivity contribution is 5.96. The summed E-state index contributed by atoms with van der Waals surface area (Å²) in [6.07, 6.45) is 22.4. The zero-order chi connectivity index (χ0) is 33.3. The maximum atomic E-state index is 4.69. The second-order valence-electron chi connectivity index (χ2n) is 12.5. The van der Waals surface area contributed by atoms with Crippen molar-refractivity contribution < 1.29 is 0 Å². The van der Waals surface area contributed by atoms with Crippen LogP contribution in [0.15, 0.2) is 164 Å². The second kappa shape index (κ2) is 12.8. The number of hydrogen-bond donors (Lipinski definition) is 0. The van der Waals surface area contributed by atoms with Gasteiger partial charge in [-0.3, -0.25) is 9.55 Å². The van der Waals surface area contributed by atoms with E-state index in [9.17, 15) is 0 Å². The molecule has 0 fully saturated rings. The summed E-state index contributed by atoms with van der Waals surface area (Å²) in [7, 11) is 0. The van der Waals surface area contributed by atoms with Gasteiger partial charge in [0.1, 0.15) is 0 Å². The number of aromatic nitrogens is 5. The average Bonchev–Trinajstić information content (AvgIpc) is 3.67. The minimum Gasteiger partial charge on any atom is -0.311 e. The monoisotopic (exact) mass is 646 g/mol. The standard InChI is InChI=1S/C44H34N6/c1-4-14-34(15-5-1)48(37-26-28-38(29-27-37)49-41-20-9-3-8-18-39(41)40-19-10-11-21-42(40)49)36-24-22-32(23-25-36)43-46-47-44(33-13-12-30-45-31-33)50(43)35-16-6-2-7-17-35/h2,4,6-31H,1,3,5H2. The van der Waals surface area contributed by atoms with Crippen molar-refractivity contribution in [3.8, 4) is 34.2 Å². The summed E-state index contributed by atoms with van der Waals surface area (Å²) >= 11 is 0. The van der Waals surface area contributed by atoms with E-state index >= 15 is 0 Å². The molecule has 0 saturated carbocycles. The van der Waals surface area contributed by atoms with Gasteiger partial charge in [-0.05, 0) is 110 Å². The van der Waals surface area contributed by atoms with Crippen LogP contribution in [-0.2, 0) is 0 Å². The normalized spacial score (nSPS) is 13.6. The third-order valence-corrected chi connectivity index (χ3v) is 9.36. The number of pyridine rings is 1. The first-order valence-electron chi connectivity index (χ1n) is 17.1. The second-order valence-corrected chi connectivity index (χ2v) is 12.5. The Morgan fingerprint density at radius 3 is 2.04 bits per heavy atom. The van der Waals surface area contributed by atoms with Crippen molar-refractivity contribution in [3.05, 3.63) is 175 Å². The molecule has 4 aromatic carbocycles. The Kier molecular flexibility index (Phi) is 7.59. The topological polar surface area (TPSA) is 51.8 Å². The van der Waals surface area contributed by atoms with Crippen molar-refractivity contribution in [1.29, 1.82) is 0 Å². The molecule has 6 nitrogen and oxygen atoms in total. The molecule has 3 aromatic heterocycles. The van der Waals surface area contributed by atoms with Crippen LogP contribution in [0.5, 0.6) is 0 Å². The molecule has 50 heavy (non-hydrogen) atoms. The predicted octanol–water partition coefficient (Wildman–Crippen LogP) is 10.7. The fourth-order valence-electron chi connectivity index (χ4n) is 7.04. The first-order chi connectivity index (χ1) is 24.8. The van der Waals surface area contributed by atoms with Crippen LogP contribution >= 0.6 is 0 Å². The number of hydrogen-bond acceptors (Lipinski definition) is 4. The molecule has 2 aliphatic rings. The number of rotatable bonds is 7. The van der Waals surface area contributed by atoms with E-state index in [0.717, 1.165) is 70.5 Å². The van der Waals surface area contributed by atoms with E-state index in [-0.39, 0.29) is 0 Å². The minimum atomic E-state index is 0.751. The zero-order valence-electron chi connectivity index (χ0n) is 27.5. The molecule has 6 heteroatoms. The van der Waals surface area contributed by atoms with Crippen LogP contribution in [0.4, 0.5) is 11.4 Å². The largest absolute Gasteiger partial charge is 0.311 e. The molecule has 9 rings (SSSR count). The molecule has 0 amide bonds.